The minimum Gasteiger partial charge on any atom is -0.248 e. The van der Waals surface area contributed by atoms with Crippen LogP contribution in [-0.4, -0.2) is 15.0 Å². The second-order valence-electron chi connectivity index (χ2n) is 2.49. The Labute approximate surface area is 66.7 Å². The molecule has 3 heteroatoms. The van der Waals surface area contributed by atoms with Gasteiger partial charge in [-0.05, 0) is 19.4 Å². The molecule has 0 radical (unpaired) electrons. The smallest absolute Gasteiger partial charge is 0.0869 e. The molecule has 0 N–H and O–H groups in total. The largest absolute Gasteiger partial charge is 0.248 e. The van der Waals surface area contributed by atoms with E-state index in [-0.39, 0.29) is 0 Å². The standard InChI is InChI=1S/C8H13N3/c1-4-5-6-8-7(2)9-10-11(8)3/h5-6H,4H2,1-3H3. The monoisotopic (exact) mass is 151 g/mol. The molecule has 0 unspecified atom stereocenters. The van der Waals surface area contributed by atoms with E-state index >= 15 is 0 Å². The van der Waals surface area contributed by atoms with Crippen LogP contribution in [0.3, 0.4) is 0 Å². The fourth-order valence-electron chi connectivity index (χ4n) is 0.926. The summed E-state index contributed by atoms with van der Waals surface area (Å²) < 4.78 is 1.78. The lowest BCUT2D eigenvalue weighted by molar-refractivity contribution is 0.709. The van der Waals surface area contributed by atoms with Crippen LogP contribution in [0.2, 0.25) is 0 Å². The molecule has 1 heterocycles. The predicted octanol–water partition coefficient (Wildman–Crippen LogP) is 1.55. The normalized spacial score (nSPS) is 11.2. The zero-order valence-corrected chi connectivity index (χ0v) is 7.20. The molecule has 0 fully saturated rings. The van der Waals surface area contributed by atoms with E-state index < -0.39 is 0 Å². The SMILES string of the molecule is CCC=Cc1c(C)nnn1C. The Bertz CT molecular complexity index is 241. The summed E-state index contributed by atoms with van der Waals surface area (Å²) in [6.07, 6.45) is 5.20. The molecule has 3 nitrogen and oxygen atoms in total. The average molecular weight is 151 g/mol. The highest BCUT2D eigenvalue weighted by Crippen LogP contribution is 2.04. The van der Waals surface area contributed by atoms with Gasteiger partial charge in [-0.3, -0.25) is 0 Å². The number of allylic oxidation sites excluding steroid dienone is 1. The molecule has 1 aromatic rings. The summed E-state index contributed by atoms with van der Waals surface area (Å²) in [5.41, 5.74) is 2.07. The van der Waals surface area contributed by atoms with Crippen molar-refractivity contribution in [3.05, 3.63) is 17.5 Å². The summed E-state index contributed by atoms with van der Waals surface area (Å²) in [6.45, 7) is 4.07. The molecule has 11 heavy (non-hydrogen) atoms. The van der Waals surface area contributed by atoms with Crippen LogP contribution in [-0.2, 0) is 7.05 Å². The molecule has 60 valence electrons. The van der Waals surface area contributed by atoms with Crippen molar-refractivity contribution in [2.45, 2.75) is 20.3 Å². The maximum atomic E-state index is 3.93. The van der Waals surface area contributed by atoms with E-state index in [1.807, 2.05) is 14.0 Å². The Morgan fingerprint density at radius 1 is 1.55 bits per heavy atom. The fourth-order valence-corrected chi connectivity index (χ4v) is 0.926. The van der Waals surface area contributed by atoms with Gasteiger partial charge in [0.15, 0.2) is 0 Å². The molecule has 0 amide bonds. The van der Waals surface area contributed by atoms with Crippen molar-refractivity contribution < 1.29 is 0 Å². The third kappa shape index (κ3) is 1.67. The highest BCUT2D eigenvalue weighted by Gasteiger charge is 1.99. The van der Waals surface area contributed by atoms with Crippen LogP contribution in [0.1, 0.15) is 24.7 Å². The summed E-state index contributed by atoms with van der Waals surface area (Å²) in [5, 5.41) is 7.82. The third-order valence-electron chi connectivity index (χ3n) is 1.56. The van der Waals surface area contributed by atoms with E-state index in [9.17, 15) is 0 Å². The van der Waals surface area contributed by atoms with E-state index in [1.165, 1.54) is 0 Å². The maximum Gasteiger partial charge on any atom is 0.0869 e. The molecule has 0 aromatic carbocycles. The number of rotatable bonds is 2. The van der Waals surface area contributed by atoms with Gasteiger partial charge in [-0.2, -0.15) is 0 Å². The molecule has 0 saturated heterocycles. The van der Waals surface area contributed by atoms with Gasteiger partial charge in [-0.25, -0.2) is 4.68 Å². The van der Waals surface area contributed by atoms with E-state index in [0.717, 1.165) is 17.8 Å². The first-order valence-electron chi connectivity index (χ1n) is 3.78. The second-order valence-corrected chi connectivity index (χ2v) is 2.49. The molecule has 0 saturated carbocycles. The molecule has 1 rings (SSSR count). The van der Waals surface area contributed by atoms with E-state index in [2.05, 4.69) is 29.4 Å². The van der Waals surface area contributed by atoms with Crippen molar-refractivity contribution in [1.82, 2.24) is 15.0 Å². The number of hydrogen-bond acceptors (Lipinski definition) is 2. The molecule has 0 aliphatic heterocycles. The number of aryl methyl sites for hydroxylation is 2. The van der Waals surface area contributed by atoms with E-state index in [4.69, 9.17) is 0 Å². The quantitative estimate of drug-likeness (QED) is 0.642. The molecular formula is C8H13N3. The van der Waals surface area contributed by atoms with Crippen LogP contribution in [0.15, 0.2) is 6.08 Å². The fraction of sp³-hybridized carbons (Fsp3) is 0.500. The summed E-state index contributed by atoms with van der Waals surface area (Å²) >= 11 is 0. The Morgan fingerprint density at radius 2 is 2.27 bits per heavy atom. The first kappa shape index (κ1) is 7.98. The summed E-state index contributed by atoms with van der Waals surface area (Å²) in [5.74, 6) is 0. The zero-order valence-electron chi connectivity index (χ0n) is 7.20. The molecule has 0 aliphatic rings. The number of hydrogen-bond donors (Lipinski definition) is 0. The van der Waals surface area contributed by atoms with Gasteiger partial charge in [-0.15, -0.1) is 5.10 Å². The van der Waals surface area contributed by atoms with E-state index in [0.29, 0.717) is 0 Å². The van der Waals surface area contributed by atoms with Crippen LogP contribution in [0, 0.1) is 6.92 Å². The lowest BCUT2D eigenvalue weighted by atomic mass is 10.3. The predicted molar refractivity (Wildman–Crippen MR) is 45.1 cm³/mol. The van der Waals surface area contributed by atoms with Crippen molar-refractivity contribution in [2.24, 2.45) is 7.05 Å². The van der Waals surface area contributed by atoms with Crippen LogP contribution in [0.4, 0.5) is 0 Å². The van der Waals surface area contributed by atoms with Gasteiger partial charge in [0.05, 0.1) is 11.4 Å². The third-order valence-corrected chi connectivity index (χ3v) is 1.56. The molecule has 0 aliphatic carbocycles. The van der Waals surface area contributed by atoms with Gasteiger partial charge in [0, 0.05) is 7.05 Å². The minimum absolute atomic E-state index is 0.984. The highest BCUT2D eigenvalue weighted by atomic mass is 15.4. The first-order chi connectivity index (χ1) is 5.25. The van der Waals surface area contributed by atoms with Crippen LogP contribution in [0.5, 0.6) is 0 Å². The number of aromatic nitrogens is 3. The van der Waals surface area contributed by atoms with Crippen molar-refractivity contribution in [3.8, 4) is 0 Å². The van der Waals surface area contributed by atoms with Gasteiger partial charge in [0.2, 0.25) is 0 Å². The van der Waals surface area contributed by atoms with Crippen LogP contribution >= 0.6 is 0 Å². The van der Waals surface area contributed by atoms with Crippen LogP contribution < -0.4 is 0 Å². The van der Waals surface area contributed by atoms with Crippen molar-refractivity contribution in [1.29, 1.82) is 0 Å². The topological polar surface area (TPSA) is 30.7 Å². The minimum atomic E-state index is 0.984. The van der Waals surface area contributed by atoms with Gasteiger partial charge in [0.25, 0.3) is 0 Å². The zero-order chi connectivity index (χ0) is 8.27. The Kier molecular flexibility index (Phi) is 2.41. The second kappa shape index (κ2) is 3.32. The van der Waals surface area contributed by atoms with Crippen molar-refractivity contribution >= 4 is 6.08 Å². The first-order valence-corrected chi connectivity index (χ1v) is 3.78. The molecular weight excluding hydrogens is 138 g/mol. The number of nitrogens with zero attached hydrogens (tertiary/aromatic N) is 3. The molecule has 0 atom stereocenters. The van der Waals surface area contributed by atoms with Gasteiger partial charge < -0.3 is 0 Å². The summed E-state index contributed by atoms with van der Waals surface area (Å²) in [6, 6.07) is 0. The lowest BCUT2D eigenvalue weighted by Crippen LogP contribution is -1.93. The molecule has 0 bridgehead atoms. The van der Waals surface area contributed by atoms with Gasteiger partial charge in [-0.1, -0.05) is 18.2 Å². The highest BCUT2D eigenvalue weighted by molar-refractivity contribution is 5.46. The van der Waals surface area contributed by atoms with Crippen molar-refractivity contribution in [3.63, 3.8) is 0 Å². The van der Waals surface area contributed by atoms with E-state index in [1.54, 1.807) is 4.68 Å². The summed E-state index contributed by atoms with van der Waals surface area (Å²) in [4.78, 5) is 0. The van der Waals surface area contributed by atoms with Crippen molar-refractivity contribution in [2.75, 3.05) is 0 Å². The van der Waals surface area contributed by atoms with Gasteiger partial charge in [0.1, 0.15) is 0 Å². The Morgan fingerprint density at radius 3 is 2.73 bits per heavy atom. The molecule has 0 spiro atoms. The Hall–Kier alpha value is -1.12. The average Bonchev–Trinajstić information content (AvgIpc) is 2.29. The van der Waals surface area contributed by atoms with Gasteiger partial charge >= 0.3 is 0 Å². The molecule has 1 aromatic heterocycles. The van der Waals surface area contributed by atoms with Crippen LogP contribution in [0.25, 0.3) is 6.08 Å². The lowest BCUT2D eigenvalue weighted by Gasteiger charge is -1.92. The maximum absolute atomic E-state index is 3.93. The summed E-state index contributed by atoms with van der Waals surface area (Å²) in [7, 11) is 1.90. The Balaban J connectivity index is 2.92.